The van der Waals surface area contributed by atoms with Crippen LogP contribution in [0, 0.1) is 35.5 Å². The van der Waals surface area contributed by atoms with E-state index in [-0.39, 0.29) is 5.92 Å². The van der Waals surface area contributed by atoms with Crippen LogP contribution in [0.1, 0.15) is 31.0 Å². The summed E-state index contributed by atoms with van der Waals surface area (Å²) in [5.41, 5.74) is 0. The first kappa shape index (κ1) is 16.4. The summed E-state index contributed by atoms with van der Waals surface area (Å²) in [5, 5.41) is 21.7. The largest absolute Gasteiger partial charge is 0.340 e. The van der Waals surface area contributed by atoms with Crippen LogP contribution in [-0.4, -0.2) is 52.7 Å². The lowest BCUT2D eigenvalue weighted by Crippen LogP contribution is -2.35. The third-order valence-electron chi connectivity index (χ3n) is 4.10. The number of hydrogen-bond donors (Lipinski definition) is 0. The maximum atomic E-state index is 9.16. The first-order chi connectivity index (χ1) is 10.6. The Balaban J connectivity index is 1.79. The van der Waals surface area contributed by atoms with Crippen molar-refractivity contribution in [2.24, 2.45) is 5.92 Å². The predicted octanol–water partition coefficient (Wildman–Crippen LogP) is 1.33. The highest BCUT2D eigenvalue weighted by Gasteiger charge is 2.27. The highest BCUT2D eigenvalue weighted by Crippen LogP contribution is 2.18. The molecule has 0 amide bonds. The second-order valence-corrected chi connectivity index (χ2v) is 5.87. The molecule has 2 rings (SSSR count). The number of likely N-dealkylation sites (N-methyl/N-ethyl adjacent to an activating group) is 1. The van der Waals surface area contributed by atoms with Gasteiger partial charge in [0.1, 0.15) is 0 Å². The summed E-state index contributed by atoms with van der Waals surface area (Å²) in [6, 6.07) is 4.86. The number of hydrogen-bond acceptors (Lipinski definition) is 7. The van der Waals surface area contributed by atoms with Crippen molar-refractivity contribution in [2.75, 3.05) is 26.7 Å². The molecule has 1 aliphatic heterocycles. The smallest absolute Gasteiger partial charge is 0.223 e. The molecule has 0 aromatic carbocycles. The van der Waals surface area contributed by atoms with E-state index in [9.17, 15) is 0 Å². The van der Waals surface area contributed by atoms with E-state index in [2.05, 4.69) is 39.1 Å². The maximum absolute atomic E-state index is 9.16. The van der Waals surface area contributed by atoms with Crippen LogP contribution >= 0.6 is 0 Å². The minimum atomic E-state index is -0.0523. The fourth-order valence-electron chi connectivity index (χ4n) is 2.84. The topological polar surface area (TPSA) is 93.0 Å². The van der Waals surface area contributed by atoms with Crippen LogP contribution in [0.5, 0.6) is 0 Å². The van der Waals surface area contributed by atoms with Crippen LogP contribution in [-0.2, 0) is 6.54 Å². The van der Waals surface area contributed by atoms with Gasteiger partial charge >= 0.3 is 0 Å². The van der Waals surface area contributed by atoms with Crippen LogP contribution in [0.3, 0.4) is 0 Å². The van der Waals surface area contributed by atoms with E-state index >= 15 is 0 Å². The minimum absolute atomic E-state index is 0.0523. The molecule has 2 atom stereocenters. The zero-order valence-corrected chi connectivity index (χ0v) is 13.2. The van der Waals surface area contributed by atoms with Gasteiger partial charge < -0.3 is 9.42 Å². The molecule has 0 N–H and O–H groups in total. The van der Waals surface area contributed by atoms with Crippen molar-refractivity contribution in [2.45, 2.75) is 38.8 Å². The molecule has 0 radical (unpaired) electrons. The average molecular weight is 302 g/mol. The molecule has 0 bridgehead atoms. The molecule has 0 unspecified atom stereocenters. The van der Waals surface area contributed by atoms with Gasteiger partial charge in [-0.2, -0.15) is 15.5 Å². The summed E-state index contributed by atoms with van der Waals surface area (Å²) in [6.07, 6.45) is 2.18. The van der Waals surface area contributed by atoms with Crippen molar-refractivity contribution in [3.05, 3.63) is 11.7 Å². The minimum Gasteiger partial charge on any atom is -0.340 e. The number of nitrogens with zero attached hydrogens (tertiary/aromatic N) is 6. The first-order valence-electron chi connectivity index (χ1n) is 7.60. The lowest BCUT2D eigenvalue weighted by molar-refractivity contribution is 0.212. The van der Waals surface area contributed by atoms with E-state index in [1.807, 2.05) is 0 Å². The van der Waals surface area contributed by atoms with Crippen LogP contribution in [0.4, 0.5) is 0 Å². The highest BCUT2D eigenvalue weighted by atomic mass is 16.5. The third kappa shape index (κ3) is 4.52. The van der Waals surface area contributed by atoms with Crippen LogP contribution in [0.2, 0.25) is 0 Å². The molecular weight excluding hydrogens is 280 g/mol. The van der Waals surface area contributed by atoms with E-state index in [0.29, 0.717) is 37.1 Å². The monoisotopic (exact) mass is 302 g/mol. The van der Waals surface area contributed by atoms with Gasteiger partial charge in [-0.3, -0.25) is 4.90 Å². The number of aryl methyl sites for hydroxylation is 1. The molecule has 1 fully saturated rings. The molecule has 0 saturated carbocycles. The van der Waals surface area contributed by atoms with E-state index < -0.39 is 0 Å². The van der Waals surface area contributed by atoms with Gasteiger partial charge in [-0.1, -0.05) is 5.16 Å². The van der Waals surface area contributed by atoms with Gasteiger partial charge in [0.05, 0.1) is 24.6 Å². The zero-order chi connectivity index (χ0) is 15.9. The summed E-state index contributed by atoms with van der Waals surface area (Å²) in [7, 11) is 2.07. The Morgan fingerprint density at radius 3 is 2.95 bits per heavy atom. The molecular formula is C15H22N6O. The Morgan fingerprint density at radius 2 is 2.32 bits per heavy atom. The summed E-state index contributed by atoms with van der Waals surface area (Å²) in [6.45, 7) is 5.15. The van der Waals surface area contributed by atoms with Gasteiger partial charge in [-0.15, -0.1) is 0 Å². The van der Waals surface area contributed by atoms with E-state index in [0.717, 1.165) is 26.1 Å². The summed E-state index contributed by atoms with van der Waals surface area (Å²) >= 11 is 0. The van der Waals surface area contributed by atoms with Crippen LogP contribution in [0.15, 0.2) is 4.52 Å². The third-order valence-corrected chi connectivity index (χ3v) is 4.10. The lowest BCUT2D eigenvalue weighted by atomic mass is 10.1. The Labute approximate surface area is 131 Å². The average Bonchev–Trinajstić information content (AvgIpc) is 3.12. The maximum Gasteiger partial charge on any atom is 0.223 e. The molecule has 7 nitrogen and oxygen atoms in total. The molecule has 118 valence electrons. The number of likely N-dealkylation sites (tertiary alicyclic amines) is 1. The molecule has 1 aliphatic rings. The van der Waals surface area contributed by atoms with Crippen molar-refractivity contribution in [1.29, 1.82) is 10.5 Å². The summed E-state index contributed by atoms with van der Waals surface area (Å²) < 4.78 is 4.99. The second kappa shape index (κ2) is 7.88. The fourth-order valence-corrected chi connectivity index (χ4v) is 2.84. The van der Waals surface area contributed by atoms with E-state index in [4.69, 9.17) is 15.0 Å². The van der Waals surface area contributed by atoms with E-state index in [1.54, 1.807) is 6.92 Å². The zero-order valence-electron chi connectivity index (χ0n) is 13.2. The lowest BCUT2D eigenvalue weighted by Gasteiger charge is -2.24. The molecule has 0 spiro atoms. The Bertz CT molecular complexity index is 557. The van der Waals surface area contributed by atoms with Gasteiger partial charge in [-0.05, 0) is 26.4 Å². The SMILES string of the molecule is Cc1nc(CN(C)[C@H]2CCN(C[C@@H](C#N)CCC#N)C2)no1. The van der Waals surface area contributed by atoms with Crippen LogP contribution in [0.25, 0.3) is 0 Å². The molecule has 7 heteroatoms. The van der Waals surface area contributed by atoms with Gasteiger partial charge in [0.2, 0.25) is 5.89 Å². The summed E-state index contributed by atoms with van der Waals surface area (Å²) in [5.74, 6) is 1.25. The van der Waals surface area contributed by atoms with Crippen LogP contribution < -0.4 is 0 Å². The van der Waals surface area contributed by atoms with Crippen molar-refractivity contribution in [1.82, 2.24) is 19.9 Å². The normalized spacial score (nSPS) is 20.0. The highest BCUT2D eigenvalue weighted by molar-refractivity contribution is 4.92. The van der Waals surface area contributed by atoms with Crippen molar-refractivity contribution in [3.63, 3.8) is 0 Å². The number of aromatic nitrogens is 2. The quantitative estimate of drug-likeness (QED) is 0.750. The predicted molar refractivity (Wildman–Crippen MR) is 79.3 cm³/mol. The van der Waals surface area contributed by atoms with Crippen molar-refractivity contribution >= 4 is 0 Å². The molecule has 1 saturated heterocycles. The van der Waals surface area contributed by atoms with Gasteiger partial charge in [-0.25, -0.2) is 0 Å². The van der Waals surface area contributed by atoms with Gasteiger partial charge in [0.15, 0.2) is 5.82 Å². The first-order valence-corrected chi connectivity index (χ1v) is 7.60. The molecule has 1 aromatic heterocycles. The van der Waals surface area contributed by atoms with E-state index in [1.165, 1.54) is 0 Å². The molecule has 22 heavy (non-hydrogen) atoms. The number of nitriles is 2. The molecule has 2 heterocycles. The van der Waals surface area contributed by atoms with Crippen molar-refractivity contribution in [3.8, 4) is 12.1 Å². The van der Waals surface area contributed by atoms with Crippen molar-refractivity contribution < 1.29 is 4.52 Å². The second-order valence-electron chi connectivity index (χ2n) is 5.87. The molecule has 1 aromatic rings. The summed E-state index contributed by atoms with van der Waals surface area (Å²) in [4.78, 5) is 8.78. The Kier molecular flexibility index (Phi) is 5.88. The Hall–Kier alpha value is -1.96. The number of rotatable bonds is 7. The Morgan fingerprint density at radius 1 is 1.50 bits per heavy atom. The fraction of sp³-hybridized carbons (Fsp3) is 0.733. The van der Waals surface area contributed by atoms with Gasteiger partial charge in [0, 0.05) is 32.5 Å². The molecule has 0 aliphatic carbocycles. The van der Waals surface area contributed by atoms with Gasteiger partial charge in [0.25, 0.3) is 0 Å². The standard InChI is InChI=1S/C15H22N6O/c1-12-18-15(19-22-12)11-20(2)14-5-7-21(10-14)9-13(8-17)4-3-6-16/h13-14H,3-5,7,9-11H2,1-2H3/t13-,14+/m1/s1.